The van der Waals surface area contributed by atoms with Crippen LogP contribution in [0.2, 0.25) is 0 Å². The van der Waals surface area contributed by atoms with Gasteiger partial charge in [0.05, 0.1) is 16.9 Å². The van der Waals surface area contributed by atoms with Gasteiger partial charge in [-0.2, -0.15) is 0 Å². The molecule has 2 aliphatic rings. The number of anilines is 2. The van der Waals surface area contributed by atoms with E-state index in [1.165, 1.54) is 28.2 Å². The predicted molar refractivity (Wildman–Crippen MR) is 117 cm³/mol. The second kappa shape index (κ2) is 6.69. The largest absolute Gasteiger partial charge is 0.372 e. The number of hydrogen-bond donors (Lipinski definition) is 2. The number of nitrogens with one attached hydrogen (secondary N) is 2. The lowest BCUT2D eigenvalue weighted by Gasteiger charge is -2.46. The molecule has 0 radical (unpaired) electrons. The molecule has 0 saturated carbocycles. The maximum absolute atomic E-state index is 12.8. The smallest absolute Gasteiger partial charge is 0.321 e. The third-order valence-corrected chi connectivity index (χ3v) is 6.23. The zero-order chi connectivity index (χ0) is 20.0. The van der Waals surface area contributed by atoms with Crippen LogP contribution in [0.4, 0.5) is 16.2 Å². The van der Waals surface area contributed by atoms with Crippen molar-refractivity contribution in [2.24, 2.45) is 0 Å². The summed E-state index contributed by atoms with van der Waals surface area (Å²) in [7, 11) is 0. The molecule has 2 aliphatic heterocycles. The summed E-state index contributed by atoms with van der Waals surface area (Å²) in [6.45, 7) is 5.61. The molecule has 0 unspecified atom stereocenters. The number of likely N-dealkylation sites (tertiary alicyclic amines) is 1. The fourth-order valence-electron chi connectivity index (χ4n) is 4.57. The number of hydrogen-bond acceptors (Lipinski definition) is 2. The molecule has 2 N–H and O–H groups in total. The van der Waals surface area contributed by atoms with Crippen LogP contribution in [0.1, 0.15) is 29.7 Å². The Bertz CT molecular complexity index is 1060. The molecule has 148 valence electrons. The van der Waals surface area contributed by atoms with Crippen LogP contribution in [0.25, 0.3) is 5.69 Å². The van der Waals surface area contributed by atoms with Crippen molar-refractivity contribution in [3.05, 3.63) is 77.6 Å². The highest BCUT2D eigenvalue weighted by atomic mass is 16.2. The molecule has 1 saturated heterocycles. The third-order valence-electron chi connectivity index (χ3n) is 6.23. The Balaban J connectivity index is 1.34. The molecular formula is C24H26N4O. The second-order valence-electron chi connectivity index (χ2n) is 8.27. The summed E-state index contributed by atoms with van der Waals surface area (Å²) in [6.07, 6.45) is 3.90. The van der Waals surface area contributed by atoms with E-state index in [9.17, 15) is 4.79 Å². The number of aryl methyl sites for hydroxylation is 2. The summed E-state index contributed by atoms with van der Waals surface area (Å²) < 4.78 is 2.30. The molecule has 2 amide bonds. The van der Waals surface area contributed by atoms with Crippen molar-refractivity contribution in [2.45, 2.75) is 32.2 Å². The minimum Gasteiger partial charge on any atom is -0.372 e. The minimum atomic E-state index is -0.134. The summed E-state index contributed by atoms with van der Waals surface area (Å²) in [6, 6.07) is 18.8. The van der Waals surface area contributed by atoms with Gasteiger partial charge in [-0.1, -0.05) is 23.8 Å². The number of benzene rings is 2. The molecule has 5 nitrogen and oxygen atoms in total. The number of amides is 2. The van der Waals surface area contributed by atoms with Gasteiger partial charge >= 0.3 is 6.03 Å². The SMILES string of the molecule is Cc1ccc(NC(=O)N2CCC3(CC2)Nc2cc(C)ccc2-n2cccc23)cc1. The van der Waals surface area contributed by atoms with Gasteiger partial charge in [-0.25, -0.2) is 4.79 Å². The lowest BCUT2D eigenvalue weighted by molar-refractivity contribution is 0.174. The lowest BCUT2D eigenvalue weighted by atomic mass is 9.82. The molecule has 3 aromatic rings. The molecule has 0 aliphatic carbocycles. The molecule has 1 aromatic heterocycles. The molecule has 2 aromatic carbocycles. The van der Waals surface area contributed by atoms with Gasteiger partial charge in [-0.15, -0.1) is 0 Å². The Morgan fingerprint density at radius 2 is 1.72 bits per heavy atom. The van der Waals surface area contributed by atoms with Gasteiger partial charge in [0, 0.05) is 30.7 Å². The molecule has 5 rings (SSSR count). The van der Waals surface area contributed by atoms with Crippen LogP contribution in [0, 0.1) is 13.8 Å². The number of carbonyl (C=O) groups excluding carboxylic acids is 1. The van der Waals surface area contributed by atoms with E-state index in [2.05, 4.69) is 58.7 Å². The summed E-state index contributed by atoms with van der Waals surface area (Å²) in [5.41, 5.74) is 6.79. The fourth-order valence-corrected chi connectivity index (χ4v) is 4.57. The van der Waals surface area contributed by atoms with Crippen LogP contribution in [0.5, 0.6) is 0 Å². The normalized spacial score (nSPS) is 16.7. The zero-order valence-corrected chi connectivity index (χ0v) is 16.9. The number of urea groups is 1. The highest BCUT2D eigenvalue weighted by Gasteiger charge is 2.42. The molecule has 3 heterocycles. The maximum Gasteiger partial charge on any atom is 0.321 e. The van der Waals surface area contributed by atoms with Crippen molar-refractivity contribution in [3.63, 3.8) is 0 Å². The van der Waals surface area contributed by atoms with Gasteiger partial charge in [-0.3, -0.25) is 0 Å². The molecule has 0 bridgehead atoms. The van der Waals surface area contributed by atoms with E-state index >= 15 is 0 Å². The maximum atomic E-state index is 12.8. The van der Waals surface area contributed by atoms with E-state index in [1.807, 2.05) is 36.1 Å². The van der Waals surface area contributed by atoms with Crippen LogP contribution in [-0.4, -0.2) is 28.6 Å². The number of piperidine rings is 1. The summed E-state index contributed by atoms with van der Waals surface area (Å²) in [4.78, 5) is 14.7. The number of carbonyl (C=O) groups is 1. The van der Waals surface area contributed by atoms with Crippen LogP contribution in [-0.2, 0) is 5.54 Å². The van der Waals surface area contributed by atoms with Gasteiger partial charge in [0.15, 0.2) is 0 Å². The molecule has 1 spiro atoms. The highest BCUT2D eigenvalue weighted by Crippen LogP contribution is 2.43. The van der Waals surface area contributed by atoms with Gasteiger partial charge in [-0.05, 0) is 68.7 Å². The van der Waals surface area contributed by atoms with Crippen molar-refractivity contribution in [3.8, 4) is 5.69 Å². The zero-order valence-electron chi connectivity index (χ0n) is 16.9. The number of rotatable bonds is 1. The third kappa shape index (κ3) is 3.07. The van der Waals surface area contributed by atoms with Crippen molar-refractivity contribution >= 4 is 17.4 Å². The monoisotopic (exact) mass is 386 g/mol. The van der Waals surface area contributed by atoms with E-state index in [0.29, 0.717) is 0 Å². The first kappa shape index (κ1) is 17.9. The molecule has 0 atom stereocenters. The highest BCUT2D eigenvalue weighted by molar-refractivity contribution is 5.89. The first-order valence-corrected chi connectivity index (χ1v) is 10.2. The van der Waals surface area contributed by atoms with Crippen LogP contribution < -0.4 is 10.6 Å². The predicted octanol–water partition coefficient (Wildman–Crippen LogP) is 5.04. The van der Waals surface area contributed by atoms with Gasteiger partial charge in [0.2, 0.25) is 0 Å². The quantitative estimate of drug-likeness (QED) is 0.615. The second-order valence-corrected chi connectivity index (χ2v) is 8.27. The average molecular weight is 386 g/mol. The fraction of sp³-hybridized carbons (Fsp3) is 0.292. The Morgan fingerprint density at radius 3 is 2.48 bits per heavy atom. The summed E-state index contributed by atoms with van der Waals surface area (Å²) >= 11 is 0. The molecule has 29 heavy (non-hydrogen) atoms. The van der Waals surface area contributed by atoms with Gasteiger partial charge < -0.3 is 20.1 Å². The lowest BCUT2D eigenvalue weighted by Crippen LogP contribution is -2.51. The Morgan fingerprint density at radius 1 is 1.00 bits per heavy atom. The van der Waals surface area contributed by atoms with Crippen LogP contribution in [0.3, 0.4) is 0 Å². The Hall–Kier alpha value is -3.21. The van der Waals surface area contributed by atoms with Crippen molar-refractivity contribution in [2.75, 3.05) is 23.7 Å². The number of nitrogens with zero attached hydrogens (tertiary/aromatic N) is 2. The van der Waals surface area contributed by atoms with E-state index in [0.717, 1.165) is 31.6 Å². The van der Waals surface area contributed by atoms with Gasteiger partial charge in [0.25, 0.3) is 0 Å². The van der Waals surface area contributed by atoms with E-state index in [-0.39, 0.29) is 11.6 Å². The van der Waals surface area contributed by atoms with E-state index in [1.54, 1.807) is 0 Å². The summed E-state index contributed by atoms with van der Waals surface area (Å²) in [5.74, 6) is 0. The van der Waals surface area contributed by atoms with Crippen LogP contribution >= 0.6 is 0 Å². The minimum absolute atomic E-state index is 0.0221. The van der Waals surface area contributed by atoms with Crippen LogP contribution in [0.15, 0.2) is 60.8 Å². The molecule has 1 fully saturated rings. The Labute approximate surface area is 171 Å². The Kier molecular flexibility index (Phi) is 4.12. The van der Waals surface area contributed by atoms with E-state index < -0.39 is 0 Å². The number of aromatic nitrogens is 1. The first-order chi connectivity index (χ1) is 14.0. The standard InChI is InChI=1S/C24H26N4O/c1-17-5-8-19(9-6-17)25-23(29)27-14-11-24(12-15-27)22-4-3-13-28(22)21-10-7-18(2)16-20(21)26-24/h3-10,13,16,26H,11-12,14-15H2,1-2H3,(H,25,29). The topological polar surface area (TPSA) is 49.3 Å². The molecular weight excluding hydrogens is 360 g/mol. The van der Waals surface area contributed by atoms with E-state index in [4.69, 9.17) is 0 Å². The average Bonchev–Trinajstić information content (AvgIpc) is 3.21. The first-order valence-electron chi connectivity index (χ1n) is 10.2. The number of fused-ring (bicyclic) bond motifs is 4. The van der Waals surface area contributed by atoms with Crippen molar-refractivity contribution in [1.82, 2.24) is 9.47 Å². The summed E-state index contributed by atoms with van der Waals surface area (Å²) in [5, 5.41) is 6.86. The van der Waals surface area contributed by atoms with Crippen molar-refractivity contribution < 1.29 is 4.79 Å². The van der Waals surface area contributed by atoms with Crippen molar-refractivity contribution in [1.29, 1.82) is 0 Å². The van der Waals surface area contributed by atoms with Gasteiger partial charge in [0.1, 0.15) is 0 Å². The molecule has 5 heteroatoms.